The normalized spacial score (nSPS) is 20.6. The number of fused-ring (bicyclic) bond motifs is 2. The summed E-state index contributed by atoms with van der Waals surface area (Å²) in [5.74, 6) is -0.203. The highest BCUT2D eigenvalue weighted by molar-refractivity contribution is 7.19. The Morgan fingerprint density at radius 2 is 1.69 bits per heavy atom. The lowest BCUT2D eigenvalue weighted by Gasteiger charge is -2.29. The van der Waals surface area contributed by atoms with Gasteiger partial charge in [-0.1, -0.05) is 31.2 Å². The quantitative estimate of drug-likeness (QED) is 0.428. The molecule has 1 aliphatic carbocycles. The van der Waals surface area contributed by atoms with Gasteiger partial charge in [0.2, 0.25) is 0 Å². The molecular weight excluding hydrogens is 396 g/mol. The van der Waals surface area contributed by atoms with Gasteiger partial charge in [0, 0.05) is 5.71 Å². The molecule has 2 aromatic heterocycles. The summed E-state index contributed by atoms with van der Waals surface area (Å²) in [5, 5.41) is 20.4. The van der Waals surface area contributed by atoms with Crippen LogP contribution in [0.25, 0.3) is 20.4 Å². The zero-order valence-electron chi connectivity index (χ0n) is 15.8. The van der Waals surface area contributed by atoms with Gasteiger partial charge < -0.3 is 5.41 Å². The van der Waals surface area contributed by atoms with Crippen molar-refractivity contribution in [3.63, 3.8) is 0 Å². The van der Waals surface area contributed by atoms with E-state index in [0.29, 0.717) is 5.71 Å². The van der Waals surface area contributed by atoms with Crippen LogP contribution in [0.3, 0.4) is 0 Å². The highest BCUT2D eigenvalue weighted by atomic mass is 32.1. The maximum absolute atomic E-state index is 9.90. The molecule has 0 radical (unpaired) electrons. The molecule has 5 rings (SSSR count). The Hall–Kier alpha value is -2.88. The smallest absolute Gasteiger partial charge is 0.119 e. The summed E-state index contributed by atoms with van der Waals surface area (Å²) in [6.45, 7) is 2.16. The molecule has 1 aliphatic rings. The van der Waals surface area contributed by atoms with Crippen molar-refractivity contribution in [1.29, 1.82) is 10.7 Å². The number of thiazole rings is 2. The number of allylic oxidation sites excluding steroid dienone is 2. The first-order valence-corrected chi connectivity index (χ1v) is 11.2. The first kappa shape index (κ1) is 18.2. The number of para-hydroxylation sites is 2. The van der Waals surface area contributed by atoms with Gasteiger partial charge in [0.05, 0.1) is 32.4 Å². The van der Waals surface area contributed by atoms with Crippen molar-refractivity contribution in [3.8, 4) is 6.07 Å². The van der Waals surface area contributed by atoms with E-state index in [4.69, 9.17) is 10.4 Å². The van der Waals surface area contributed by atoms with E-state index in [0.717, 1.165) is 42.4 Å². The number of nitrogens with zero attached hydrogens (tertiary/aromatic N) is 3. The molecular formula is C23H18N4S2. The van der Waals surface area contributed by atoms with Gasteiger partial charge in [-0.25, -0.2) is 9.97 Å². The van der Waals surface area contributed by atoms with Crippen molar-refractivity contribution in [1.82, 2.24) is 9.97 Å². The van der Waals surface area contributed by atoms with Crippen molar-refractivity contribution in [2.24, 2.45) is 5.92 Å². The number of hydrogen-bond donors (Lipinski definition) is 1. The molecule has 1 N–H and O–H groups in total. The third kappa shape index (κ3) is 3.17. The maximum atomic E-state index is 9.90. The van der Waals surface area contributed by atoms with E-state index in [1.54, 1.807) is 22.7 Å². The van der Waals surface area contributed by atoms with Gasteiger partial charge in [0.25, 0.3) is 0 Å². The number of nitriles is 1. The van der Waals surface area contributed by atoms with Crippen LogP contribution in [-0.2, 0) is 0 Å². The van der Waals surface area contributed by atoms with Crippen molar-refractivity contribution >= 4 is 48.8 Å². The fourth-order valence-corrected chi connectivity index (χ4v) is 6.33. The molecule has 6 heteroatoms. The minimum absolute atomic E-state index is 0.0224. The number of aromatic nitrogens is 2. The standard InChI is InChI=1S/C23H18N4S2/c1-13-10-14(15(12-24)22-26-17-6-2-4-8-19(17)28-22)11-16(25)21(13)23-27-18-7-3-5-9-20(18)29-23/h2-9,11,13,15,21,25H,10H2,1H3/t13-,15+,21+/m0/s1. The van der Waals surface area contributed by atoms with Crippen LogP contribution in [0.4, 0.5) is 0 Å². The molecule has 29 heavy (non-hydrogen) atoms. The molecule has 0 aliphatic heterocycles. The second-order valence-electron chi connectivity index (χ2n) is 7.44. The third-order valence-corrected chi connectivity index (χ3v) is 7.66. The molecule has 0 amide bonds. The number of nitrogens with one attached hydrogen (secondary N) is 1. The maximum Gasteiger partial charge on any atom is 0.119 e. The van der Waals surface area contributed by atoms with Crippen LogP contribution in [0.2, 0.25) is 0 Å². The van der Waals surface area contributed by atoms with Crippen LogP contribution in [0.5, 0.6) is 0 Å². The largest absolute Gasteiger partial charge is 0.305 e. The van der Waals surface area contributed by atoms with Crippen molar-refractivity contribution < 1.29 is 0 Å². The number of rotatable bonds is 3. The second kappa shape index (κ2) is 7.18. The average molecular weight is 415 g/mol. The number of hydrogen-bond acceptors (Lipinski definition) is 6. The first-order valence-electron chi connectivity index (χ1n) is 9.53. The lowest BCUT2D eigenvalue weighted by Crippen LogP contribution is -2.24. The minimum Gasteiger partial charge on any atom is -0.305 e. The zero-order chi connectivity index (χ0) is 20.0. The summed E-state index contributed by atoms with van der Waals surface area (Å²) < 4.78 is 2.25. The van der Waals surface area contributed by atoms with Gasteiger partial charge in [0.15, 0.2) is 0 Å². The number of benzene rings is 2. The summed E-state index contributed by atoms with van der Waals surface area (Å²) >= 11 is 3.24. The molecule has 0 fully saturated rings. The Balaban J connectivity index is 1.49. The van der Waals surface area contributed by atoms with E-state index >= 15 is 0 Å². The van der Waals surface area contributed by atoms with Gasteiger partial charge in [-0.15, -0.1) is 22.7 Å². The Bertz CT molecular complexity index is 1240. The molecule has 0 saturated heterocycles. The molecule has 0 unspecified atom stereocenters. The van der Waals surface area contributed by atoms with Gasteiger partial charge in [0.1, 0.15) is 15.9 Å². The minimum atomic E-state index is -0.397. The fourth-order valence-electron chi connectivity index (χ4n) is 4.06. The predicted octanol–water partition coefficient (Wildman–Crippen LogP) is 6.28. The fraction of sp³-hybridized carbons (Fsp3) is 0.217. The topological polar surface area (TPSA) is 73.4 Å². The average Bonchev–Trinajstić information content (AvgIpc) is 3.31. The summed E-state index contributed by atoms with van der Waals surface area (Å²) in [6.07, 6.45) is 2.67. The summed E-state index contributed by atoms with van der Waals surface area (Å²) in [5.41, 5.74) is 3.45. The Kier molecular flexibility index (Phi) is 4.50. The van der Waals surface area contributed by atoms with E-state index in [9.17, 15) is 5.26 Å². The highest BCUT2D eigenvalue weighted by Crippen LogP contribution is 2.43. The molecule has 2 heterocycles. The van der Waals surface area contributed by atoms with E-state index in [2.05, 4.69) is 24.0 Å². The van der Waals surface area contributed by atoms with E-state index < -0.39 is 5.92 Å². The van der Waals surface area contributed by atoms with Crippen LogP contribution in [-0.4, -0.2) is 15.7 Å². The molecule has 0 saturated carbocycles. The Morgan fingerprint density at radius 1 is 1.03 bits per heavy atom. The summed E-state index contributed by atoms with van der Waals surface area (Å²) in [7, 11) is 0. The molecule has 0 bridgehead atoms. The van der Waals surface area contributed by atoms with Gasteiger partial charge in [-0.05, 0) is 48.3 Å². The molecule has 2 aromatic carbocycles. The molecule has 142 valence electrons. The first-order chi connectivity index (χ1) is 14.1. The molecule has 4 aromatic rings. The van der Waals surface area contributed by atoms with Gasteiger partial charge in [-0.3, -0.25) is 0 Å². The van der Waals surface area contributed by atoms with Crippen LogP contribution in [0, 0.1) is 22.7 Å². The van der Waals surface area contributed by atoms with Crippen molar-refractivity contribution in [2.75, 3.05) is 0 Å². The Labute approximate surface area is 176 Å². The van der Waals surface area contributed by atoms with E-state index in [1.807, 2.05) is 48.5 Å². The van der Waals surface area contributed by atoms with Crippen LogP contribution in [0.1, 0.15) is 35.2 Å². The molecule has 3 atom stereocenters. The van der Waals surface area contributed by atoms with Crippen LogP contribution in [0.15, 0.2) is 60.2 Å². The lowest BCUT2D eigenvalue weighted by atomic mass is 9.76. The van der Waals surface area contributed by atoms with Crippen molar-refractivity contribution in [3.05, 3.63) is 70.2 Å². The highest BCUT2D eigenvalue weighted by Gasteiger charge is 2.34. The molecule has 0 spiro atoms. The van der Waals surface area contributed by atoms with E-state index in [-0.39, 0.29) is 11.8 Å². The lowest BCUT2D eigenvalue weighted by molar-refractivity contribution is 0.517. The van der Waals surface area contributed by atoms with Crippen LogP contribution < -0.4 is 0 Å². The SMILES string of the molecule is C[C@H]1CC([C@@H](C#N)c2nc3ccccc3s2)=CC(=N)[C@@H]1c1nc2ccccc2s1. The predicted molar refractivity (Wildman–Crippen MR) is 120 cm³/mol. The second-order valence-corrected chi connectivity index (χ2v) is 9.56. The summed E-state index contributed by atoms with van der Waals surface area (Å²) in [6, 6.07) is 18.5. The van der Waals surface area contributed by atoms with Crippen molar-refractivity contribution in [2.45, 2.75) is 25.2 Å². The zero-order valence-corrected chi connectivity index (χ0v) is 17.4. The third-order valence-electron chi connectivity index (χ3n) is 5.44. The van der Waals surface area contributed by atoms with E-state index in [1.165, 1.54) is 0 Å². The monoisotopic (exact) mass is 414 g/mol. The molecule has 4 nitrogen and oxygen atoms in total. The Morgan fingerprint density at radius 3 is 2.31 bits per heavy atom. The van der Waals surface area contributed by atoms with Gasteiger partial charge >= 0.3 is 0 Å². The summed E-state index contributed by atoms with van der Waals surface area (Å²) in [4.78, 5) is 9.48. The van der Waals surface area contributed by atoms with Gasteiger partial charge in [-0.2, -0.15) is 5.26 Å². The van der Waals surface area contributed by atoms with Crippen LogP contribution >= 0.6 is 22.7 Å².